The minimum absolute atomic E-state index is 0.244. The molecule has 0 heterocycles. The molecule has 0 bridgehead atoms. The molecule has 0 aromatic heterocycles. The molecule has 1 unspecified atom stereocenters. The Morgan fingerprint density at radius 2 is 1.84 bits per heavy atom. The molecule has 1 atom stereocenters. The highest BCUT2D eigenvalue weighted by atomic mass is 127. The number of aryl methyl sites for hydroxylation is 1. The first-order chi connectivity index (χ1) is 9.02. The van der Waals surface area contributed by atoms with E-state index in [1.165, 1.54) is 12.1 Å². The van der Waals surface area contributed by atoms with Crippen LogP contribution in [0.4, 0.5) is 4.39 Å². The highest BCUT2D eigenvalue weighted by molar-refractivity contribution is 14.1. The van der Waals surface area contributed by atoms with E-state index in [9.17, 15) is 4.39 Å². The number of methoxy groups -OCH3 is 1. The normalized spacial score (nSPS) is 12.3. The maximum absolute atomic E-state index is 13.1. The van der Waals surface area contributed by atoms with E-state index in [0.29, 0.717) is 0 Å². The van der Waals surface area contributed by atoms with Gasteiger partial charge in [0.05, 0.1) is 13.2 Å². The van der Waals surface area contributed by atoms with E-state index in [1.807, 2.05) is 25.1 Å². The van der Waals surface area contributed by atoms with Gasteiger partial charge in [-0.1, -0.05) is 12.1 Å². The molecule has 0 aliphatic carbocycles. The Balaban J connectivity index is 2.41. The standard InChI is InChI=1S/C15H15FINO/c1-9-7-11(19-2)4-6-12(9)15(18)13-5-3-10(16)8-14(13)17/h3-8,15H,18H2,1-2H3. The second-order valence-corrected chi connectivity index (χ2v) is 5.53. The molecule has 100 valence electrons. The first-order valence-corrected chi connectivity index (χ1v) is 6.96. The molecule has 0 amide bonds. The Kier molecular flexibility index (Phi) is 4.42. The summed E-state index contributed by atoms with van der Waals surface area (Å²) in [5.74, 6) is 0.564. The van der Waals surface area contributed by atoms with Gasteiger partial charge in [0.15, 0.2) is 0 Å². The van der Waals surface area contributed by atoms with Crippen LogP contribution in [0.15, 0.2) is 36.4 Å². The van der Waals surface area contributed by atoms with Gasteiger partial charge >= 0.3 is 0 Å². The first-order valence-electron chi connectivity index (χ1n) is 5.88. The highest BCUT2D eigenvalue weighted by Crippen LogP contribution is 2.28. The predicted molar refractivity (Wildman–Crippen MR) is 82.9 cm³/mol. The maximum Gasteiger partial charge on any atom is 0.124 e. The lowest BCUT2D eigenvalue weighted by molar-refractivity contribution is 0.414. The summed E-state index contributed by atoms with van der Waals surface area (Å²) in [6, 6.07) is 10.2. The van der Waals surface area contributed by atoms with Crippen molar-refractivity contribution in [2.24, 2.45) is 5.73 Å². The summed E-state index contributed by atoms with van der Waals surface area (Å²) in [6.45, 7) is 1.99. The number of hydrogen-bond acceptors (Lipinski definition) is 2. The number of hydrogen-bond donors (Lipinski definition) is 1. The summed E-state index contributed by atoms with van der Waals surface area (Å²) in [6.07, 6.45) is 0. The average Bonchev–Trinajstić information content (AvgIpc) is 2.37. The van der Waals surface area contributed by atoms with Crippen molar-refractivity contribution < 1.29 is 9.13 Å². The number of halogens is 2. The molecule has 0 aliphatic rings. The van der Waals surface area contributed by atoms with Crippen LogP contribution in [0.3, 0.4) is 0 Å². The minimum Gasteiger partial charge on any atom is -0.497 e. The molecular formula is C15H15FINO. The summed E-state index contributed by atoms with van der Waals surface area (Å²) in [5, 5.41) is 0. The molecule has 0 aliphatic heterocycles. The zero-order chi connectivity index (χ0) is 14.0. The smallest absolute Gasteiger partial charge is 0.124 e. The van der Waals surface area contributed by atoms with E-state index in [1.54, 1.807) is 13.2 Å². The fraction of sp³-hybridized carbons (Fsp3) is 0.200. The molecule has 19 heavy (non-hydrogen) atoms. The molecule has 0 radical (unpaired) electrons. The van der Waals surface area contributed by atoms with Crippen LogP contribution in [-0.4, -0.2) is 7.11 Å². The van der Waals surface area contributed by atoms with Gasteiger partial charge in [-0.05, 0) is 70.5 Å². The summed E-state index contributed by atoms with van der Waals surface area (Å²) >= 11 is 2.11. The van der Waals surface area contributed by atoms with Crippen LogP contribution in [0.5, 0.6) is 5.75 Å². The third kappa shape index (κ3) is 3.06. The third-order valence-electron chi connectivity index (χ3n) is 3.11. The van der Waals surface area contributed by atoms with Crippen molar-refractivity contribution in [3.63, 3.8) is 0 Å². The molecule has 0 saturated carbocycles. The van der Waals surface area contributed by atoms with Crippen LogP contribution >= 0.6 is 22.6 Å². The first kappa shape index (κ1) is 14.3. The number of rotatable bonds is 3. The van der Waals surface area contributed by atoms with Crippen molar-refractivity contribution in [2.45, 2.75) is 13.0 Å². The SMILES string of the molecule is COc1ccc(C(N)c2ccc(F)cc2I)c(C)c1. The lowest BCUT2D eigenvalue weighted by Crippen LogP contribution is -2.14. The largest absolute Gasteiger partial charge is 0.497 e. The molecule has 2 nitrogen and oxygen atoms in total. The van der Waals surface area contributed by atoms with Gasteiger partial charge in [-0.3, -0.25) is 0 Å². The van der Waals surface area contributed by atoms with Gasteiger partial charge in [-0.15, -0.1) is 0 Å². The van der Waals surface area contributed by atoms with Gasteiger partial charge < -0.3 is 10.5 Å². The quantitative estimate of drug-likeness (QED) is 0.834. The number of benzene rings is 2. The van der Waals surface area contributed by atoms with Crippen LogP contribution in [0, 0.1) is 16.3 Å². The molecule has 0 spiro atoms. The Morgan fingerprint density at radius 1 is 1.16 bits per heavy atom. The molecular weight excluding hydrogens is 356 g/mol. The Morgan fingerprint density at radius 3 is 2.42 bits per heavy atom. The van der Waals surface area contributed by atoms with Crippen molar-refractivity contribution in [3.05, 3.63) is 62.5 Å². The molecule has 4 heteroatoms. The van der Waals surface area contributed by atoms with E-state index >= 15 is 0 Å². The van der Waals surface area contributed by atoms with E-state index in [0.717, 1.165) is 26.0 Å². The van der Waals surface area contributed by atoms with Crippen molar-refractivity contribution in [1.29, 1.82) is 0 Å². The van der Waals surface area contributed by atoms with Crippen molar-refractivity contribution in [3.8, 4) is 5.75 Å². The van der Waals surface area contributed by atoms with Crippen LogP contribution in [0.25, 0.3) is 0 Å². The fourth-order valence-electron chi connectivity index (χ4n) is 2.05. The second kappa shape index (κ2) is 5.88. The van der Waals surface area contributed by atoms with E-state index in [2.05, 4.69) is 22.6 Å². The summed E-state index contributed by atoms with van der Waals surface area (Å²) < 4.78 is 19.1. The van der Waals surface area contributed by atoms with Crippen LogP contribution in [-0.2, 0) is 0 Å². The van der Waals surface area contributed by atoms with Crippen molar-refractivity contribution in [2.75, 3.05) is 7.11 Å². The van der Waals surface area contributed by atoms with E-state index < -0.39 is 0 Å². The van der Waals surface area contributed by atoms with Crippen molar-refractivity contribution >= 4 is 22.6 Å². The van der Waals surface area contributed by atoms with Crippen LogP contribution in [0.2, 0.25) is 0 Å². The van der Waals surface area contributed by atoms with Gasteiger partial charge in [0, 0.05) is 3.57 Å². The Hall–Kier alpha value is -1.14. The van der Waals surface area contributed by atoms with Crippen molar-refractivity contribution in [1.82, 2.24) is 0 Å². The number of nitrogens with two attached hydrogens (primary N) is 1. The van der Waals surface area contributed by atoms with Gasteiger partial charge in [0.2, 0.25) is 0 Å². The molecule has 0 fully saturated rings. The molecule has 2 aromatic rings. The lowest BCUT2D eigenvalue weighted by atomic mass is 9.95. The Bertz CT molecular complexity index is 601. The summed E-state index contributed by atoms with van der Waals surface area (Å²) in [4.78, 5) is 0. The van der Waals surface area contributed by atoms with E-state index in [4.69, 9.17) is 10.5 Å². The van der Waals surface area contributed by atoms with Gasteiger partial charge in [-0.2, -0.15) is 0 Å². The molecule has 0 saturated heterocycles. The average molecular weight is 371 g/mol. The third-order valence-corrected chi connectivity index (χ3v) is 4.04. The zero-order valence-corrected chi connectivity index (χ0v) is 12.9. The van der Waals surface area contributed by atoms with E-state index in [-0.39, 0.29) is 11.9 Å². The van der Waals surface area contributed by atoms with Crippen LogP contribution < -0.4 is 10.5 Å². The Labute approximate surface area is 125 Å². The molecule has 2 rings (SSSR count). The van der Waals surface area contributed by atoms with Gasteiger partial charge in [0.1, 0.15) is 11.6 Å². The summed E-state index contributed by atoms with van der Waals surface area (Å²) in [5.41, 5.74) is 9.30. The topological polar surface area (TPSA) is 35.2 Å². The van der Waals surface area contributed by atoms with Crippen LogP contribution in [0.1, 0.15) is 22.7 Å². The monoisotopic (exact) mass is 371 g/mol. The number of ether oxygens (including phenoxy) is 1. The van der Waals surface area contributed by atoms with Gasteiger partial charge in [0.25, 0.3) is 0 Å². The minimum atomic E-state index is -0.265. The highest BCUT2D eigenvalue weighted by Gasteiger charge is 2.15. The second-order valence-electron chi connectivity index (χ2n) is 4.37. The lowest BCUT2D eigenvalue weighted by Gasteiger charge is -2.17. The predicted octanol–water partition coefficient (Wildman–Crippen LogP) is 3.80. The summed E-state index contributed by atoms with van der Waals surface area (Å²) in [7, 11) is 1.64. The zero-order valence-electron chi connectivity index (χ0n) is 10.8. The molecule has 2 aromatic carbocycles. The van der Waals surface area contributed by atoms with Gasteiger partial charge in [-0.25, -0.2) is 4.39 Å². The maximum atomic E-state index is 13.1. The fourth-order valence-corrected chi connectivity index (χ4v) is 2.86. The molecule has 2 N–H and O–H groups in total.